The van der Waals surface area contributed by atoms with Crippen LogP contribution >= 0.6 is 0 Å². The van der Waals surface area contributed by atoms with Crippen LogP contribution in [0.2, 0.25) is 0 Å². The molecule has 0 spiro atoms. The molecule has 1 unspecified atom stereocenters. The molecule has 104 valence electrons. The number of ether oxygens (including phenoxy) is 2. The fourth-order valence-electron chi connectivity index (χ4n) is 2.23. The summed E-state index contributed by atoms with van der Waals surface area (Å²) in [7, 11) is 2.97. The van der Waals surface area contributed by atoms with Gasteiger partial charge in [-0.05, 0) is 18.6 Å². The molecule has 3 N–H and O–H groups in total. The van der Waals surface area contributed by atoms with Gasteiger partial charge >= 0.3 is 6.09 Å². The van der Waals surface area contributed by atoms with Gasteiger partial charge in [0, 0.05) is 24.8 Å². The first-order valence-electron chi connectivity index (χ1n) is 6.17. The average Bonchev–Trinajstić information content (AvgIpc) is 2.87. The van der Waals surface area contributed by atoms with E-state index in [0.717, 1.165) is 25.2 Å². The Bertz CT molecular complexity index is 464. The normalized spacial score (nSPS) is 18.2. The van der Waals surface area contributed by atoms with Gasteiger partial charge in [0.15, 0.2) is 0 Å². The molecule has 0 aromatic heterocycles. The number of rotatable bonds is 3. The Morgan fingerprint density at radius 2 is 2.26 bits per heavy atom. The predicted octanol–water partition coefficient (Wildman–Crippen LogP) is 1.21. The highest BCUT2D eigenvalue weighted by atomic mass is 16.5. The van der Waals surface area contributed by atoms with Crippen molar-refractivity contribution in [2.75, 3.05) is 37.9 Å². The zero-order chi connectivity index (χ0) is 13.8. The number of methoxy groups -OCH3 is 2. The average molecular weight is 265 g/mol. The molecule has 1 fully saturated rings. The van der Waals surface area contributed by atoms with Crippen LogP contribution in [0, 0.1) is 0 Å². The maximum absolute atomic E-state index is 11.2. The topological polar surface area (TPSA) is 76.8 Å². The first-order chi connectivity index (χ1) is 9.13. The highest BCUT2D eigenvalue weighted by Gasteiger charge is 2.24. The molecule has 1 heterocycles. The van der Waals surface area contributed by atoms with Crippen molar-refractivity contribution in [2.24, 2.45) is 0 Å². The molecule has 1 aliphatic rings. The molecule has 0 aliphatic carbocycles. The molecule has 2 rings (SSSR count). The van der Waals surface area contributed by atoms with Gasteiger partial charge in [0.1, 0.15) is 5.75 Å². The number of amides is 1. The second-order valence-corrected chi connectivity index (χ2v) is 4.49. The quantitative estimate of drug-likeness (QED) is 0.803. The molecule has 1 aromatic rings. The van der Waals surface area contributed by atoms with E-state index in [1.54, 1.807) is 7.11 Å². The number of hydrogen-bond donors (Lipinski definition) is 2. The van der Waals surface area contributed by atoms with Gasteiger partial charge in [0.25, 0.3) is 0 Å². The lowest BCUT2D eigenvalue weighted by Gasteiger charge is -2.20. The minimum atomic E-state index is -0.387. The van der Waals surface area contributed by atoms with Gasteiger partial charge in [-0.3, -0.25) is 0 Å². The fraction of sp³-hybridized carbons (Fsp3) is 0.462. The predicted molar refractivity (Wildman–Crippen MR) is 73.6 cm³/mol. The summed E-state index contributed by atoms with van der Waals surface area (Å²) < 4.78 is 9.81. The summed E-state index contributed by atoms with van der Waals surface area (Å²) >= 11 is 0. The summed E-state index contributed by atoms with van der Waals surface area (Å²) in [5, 5.41) is 2.81. The molecule has 0 radical (unpaired) electrons. The lowest BCUT2D eigenvalue weighted by atomic mass is 10.2. The monoisotopic (exact) mass is 265 g/mol. The number of anilines is 2. The second-order valence-electron chi connectivity index (χ2n) is 4.49. The smallest absolute Gasteiger partial charge is 0.407 e. The number of nitrogen functional groups attached to an aromatic ring is 1. The van der Waals surface area contributed by atoms with Gasteiger partial charge in [-0.2, -0.15) is 0 Å². The van der Waals surface area contributed by atoms with Crippen LogP contribution < -0.4 is 20.7 Å². The molecule has 1 aromatic carbocycles. The number of carbonyl (C=O) groups excluding carboxylic acids is 1. The highest BCUT2D eigenvalue weighted by Crippen LogP contribution is 2.29. The van der Waals surface area contributed by atoms with Crippen LogP contribution in [0.4, 0.5) is 16.2 Å². The van der Waals surface area contributed by atoms with Gasteiger partial charge < -0.3 is 25.4 Å². The van der Waals surface area contributed by atoms with Gasteiger partial charge in [0.05, 0.1) is 25.9 Å². The van der Waals surface area contributed by atoms with Crippen molar-refractivity contribution >= 4 is 17.5 Å². The number of alkyl carbamates (subject to hydrolysis) is 1. The van der Waals surface area contributed by atoms with Crippen molar-refractivity contribution in [3.05, 3.63) is 18.2 Å². The molecule has 0 saturated carbocycles. The van der Waals surface area contributed by atoms with Crippen LogP contribution in [0.5, 0.6) is 5.75 Å². The number of hydrogen-bond acceptors (Lipinski definition) is 5. The molecule has 1 atom stereocenters. The number of nitrogens with zero attached hydrogens (tertiary/aromatic N) is 1. The third-order valence-electron chi connectivity index (χ3n) is 3.28. The first-order valence-corrected chi connectivity index (χ1v) is 6.17. The van der Waals surface area contributed by atoms with Crippen molar-refractivity contribution in [3.8, 4) is 5.75 Å². The van der Waals surface area contributed by atoms with Crippen molar-refractivity contribution in [2.45, 2.75) is 12.5 Å². The molecular formula is C13H19N3O3. The Morgan fingerprint density at radius 3 is 2.95 bits per heavy atom. The summed E-state index contributed by atoms with van der Waals surface area (Å²) in [6, 6.07) is 5.81. The lowest BCUT2D eigenvalue weighted by Crippen LogP contribution is -2.36. The minimum Gasteiger partial charge on any atom is -0.495 e. The van der Waals surface area contributed by atoms with E-state index < -0.39 is 0 Å². The van der Waals surface area contributed by atoms with E-state index in [2.05, 4.69) is 15.0 Å². The third kappa shape index (κ3) is 3.01. The Balaban J connectivity index is 2.02. The third-order valence-corrected chi connectivity index (χ3v) is 3.28. The van der Waals surface area contributed by atoms with Crippen LogP contribution in [-0.4, -0.2) is 39.4 Å². The van der Waals surface area contributed by atoms with Crippen LogP contribution in [0.25, 0.3) is 0 Å². The van der Waals surface area contributed by atoms with Crippen LogP contribution in [0.1, 0.15) is 6.42 Å². The first kappa shape index (κ1) is 13.3. The second kappa shape index (κ2) is 5.69. The number of nitrogens with one attached hydrogen (secondary N) is 1. The van der Waals surface area contributed by atoms with Crippen LogP contribution in [0.3, 0.4) is 0 Å². The summed E-state index contributed by atoms with van der Waals surface area (Å²) in [5.41, 5.74) is 7.45. The molecular weight excluding hydrogens is 246 g/mol. The van der Waals surface area contributed by atoms with Crippen molar-refractivity contribution in [1.82, 2.24) is 5.32 Å². The zero-order valence-corrected chi connectivity index (χ0v) is 11.2. The highest BCUT2D eigenvalue weighted by molar-refractivity contribution is 5.68. The molecule has 1 saturated heterocycles. The van der Waals surface area contributed by atoms with Crippen molar-refractivity contribution in [3.63, 3.8) is 0 Å². The number of nitrogens with two attached hydrogens (primary N) is 1. The van der Waals surface area contributed by atoms with E-state index in [1.165, 1.54) is 7.11 Å². The van der Waals surface area contributed by atoms with E-state index >= 15 is 0 Å². The maximum atomic E-state index is 11.2. The summed E-state index contributed by atoms with van der Waals surface area (Å²) in [5.74, 6) is 0.668. The summed E-state index contributed by atoms with van der Waals surface area (Å²) in [6.07, 6.45) is 0.503. The van der Waals surface area contributed by atoms with Crippen LogP contribution in [-0.2, 0) is 4.74 Å². The minimum absolute atomic E-state index is 0.107. The van der Waals surface area contributed by atoms with Crippen molar-refractivity contribution in [1.29, 1.82) is 0 Å². The van der Waals surface area contributed by atoms with Gasteiger partial charge in [-0.15, -0.1) is 0 Å². The fourth-order valence-corrected chi connectivity index (χ4v) is 2.23. The molecule has 19 heavy (non-hydrogen) atoms. The van der Waals surface area contributed by atoms with E-state index in [-0.39, 0.29) is 12.1 Å². The Labute approximate surface area is 112 Å². The van der Waals surface area contributed by atoms with Gasteiger partial charge in [-0.1, -0.05) is 0 Å². The molecule has 6 heteroatoms. The van der Waals surface area contributed by atoms with Crippen LogP contribution in [0.15, 0.2) is 18.2 Å². The van der Waals surface area contributed by atoms with E-state index in [9.17, 15) is 4.79 Å². The molecule has 0 bridgehead atoms. The van der Waals surface area contributed by atoms with E-state index in [4.69, 9.17) is 10.5 Å². The summed E-state index contributed by atoms with van der Waals surface area (Å²) in [4.78, 5) is 13.4. The van der Waals surface area contributed by atoms with E-state index in [1.807, 2.05) is 18.2 Å². The Morgan fingerprint density at radius 1 is 1.47 bits per heavy atom. The standard InChI is InChI=1S/C13H19N3O3/c1-18-12-7-10(3-4-11(12)14)16-6-5-9(8-16)15-13(17)19-2/h3-4,7,9H,5-6,8,14H2,1-2H3,(H,15,17). The SMILES string of the molecule is COC(=O)NC1CCN(c2ccc(N)c(OC)c2)C1. The maximum Gasteiger partial charge on any atom is 0.407 e. The molecule has 1 aliphatic heterocycles. The lowest BCUT2D eigenvalue weighted by molar-refractivity contribution is 0.167. The molecule has 1 amide bonds. The Hall–Kier alpha value is -2.11. The Kier molecular flexibility index (Phi) is 3.99. The number of benzene rings is 1. The molecule has 6 nitrogen and oxygen atoms in total. The zero-order valence-electron chi connectivity index (χ0n) is 11.2. The van der Waals surface area contributed by atoms with Crippen molar-refractivity contribution < 1.29 is 14.3 Å². The summed E-state index contributed by atoms with van der Waals surface area (Å²) in [6.45, 7) is 1.63. The van der Waals surface area contributed by atoms with E-state index in [0.29, 0.717) is 11.4 Å². The van der Waals surface area contributed by atoms with Gasteiger partial charge in [0.2, 0.25) is 0 Å². The van der Waals surface area contributed by atoms with Gasteiger partial charge in [-0.25, -0.2) is 4.79 Å². The number of carbonyl (C=O) groups is 1. The largest absolute Gasteiger partial charge is 0.495 e.